The van der Waals surface area contributed by atoms with E-state index in [4.69, 9.17) is 21.1 Å². The Balaban J connectivity index is 1.49. The number of fused-ring (bicyclic) bond motifs is 1. The predicted molar refractivity (Wildman–Crippen MR) is 110 cm³/mol. The van der Waals surface area contributed by atoms with E-state index in [1.807, 2.05) is 23.6 Å². The standard InChI is InChI=1S/C20H18ClN3O4S/c21-15-4-2-1-3-13(15)16-12-29-19-22-11-14(18(26)24(16)19)17(25)23-7-5-20(6-8-23)27-9-10-28-20/h1-4,11-12H,5-10H2. The number of amides is 1. The van der Waals surface area contributed by atoms with Gasteiger partial charge in [0.2, 0.25) is 0 Å². The number of carbonyl (C=O) groups is 1. The lowest BCUT2D eigenvalue weighted by Crippen LogP contribution is -2.48. The lowest BCUT2D eigenvalue weighted by molar-refractivity contribution is -0.181. The summed E-state index contributed by atoms with van der Waals surface area (Å²) in [5.74, 6) is -0.889. The van der Waals surface area contributed by atoms with Crippen molar-refractivity contribution in [3.8, 4) is 11.3 Å². The molecule has 0 unspecified atom stereocenters. The molecule has 1 amide bonds. The second-order valence-electron chi connectivity index (χ2n) is 7.10. The fraction of sp³-hybridized carbons (Fsp3) is 0.350. The summed E-state index contributed by atoms with van der Waals surface area (Å²) in [6.07, 6.45) is 2.57. The van der Waals surface area contributed by atoms with Crippen molar-refractivity contribution in [1.29, 1.82) is 0 Å². The molecule has 2 saturated heterocycles. The fourth-order valence-electron chi connectivity index (χ4n) is 3.90. The van der Waals surface area contributed by atoms with Crippen LogP contribution in [0.3, 0.4) is 0 Å². The summed E-state index contributed by atoms with van der Waals surface area (Å²) in [5, 5.41) is 2.37. The molecule has 4 heterocycles. The molecule has 3 aromatic rings. The van der Waals surface area contributed by atoms with Gasteiger partial charge in [0.25, 0.3) is 11.5 Å². The van der Waals surface area contributed by atoms with Crippen molar-refractivity contribution in [2.24, 2.45) is 0 Å². The van der Waals surface area contributed by atoms with E-state index < -0.39 is 5.79 Å². The first-order chi connectivity index (χ1) is 14.1. The average molecular weight is 432 g/mol. The quantitative estimate of drug-likeness (QED) is 0.623. The Hall–Kier alpha value is -2.26. The van der Waals surface area contributed by atoms with Gasteiger partial charge in [0.05, 0.1) is 18.9 Å². The van der Waals surface area contributed by atoms with Crippen LogP contribution in [0.15, 0.2) is 40.6 Å². The van der Waals surface area contributed by atoms with Crippen molar-refractivity contribution in [3.63, 3.8) is 0 Å². The summed E-state index contributed by atoms with van der Waals surface area (Å²) in [6.45, 7) is 2.11. The number of aromatic nitrogens is 2. The van der Waals surface area contributed by atoms with Crippen molar-refractivity contribution in [3.05, 3.63) is 56.8 Å². The second-order valence-corrected chi connectivity index (χ2v) is 8.34. The normalized spacial score (nSPS) is 18.6. The summed E-state index contributed by atoms with van der Waals surface area (Å²) >= 11 is 7.66. The van der Waals surface area contributed by atoms with Crippen LogP contribution in [0.25, 0.3) is 16.2 Å². The van der Waals surface area contributed by atoms with E-state index >= 15 is 0 Å². The highest BCUT2D eigenvalue weighted by Gasteiger charge is 2.41. The van der Waals surface area contributed by atoms with Gasteiger partial charge in [-0.25, -0.2) is 4.98 Å². The number of likely N-dealkylation sites (tertiary alicyclic amines) is 1. The summed E-state index contributed by atoms with van der Waals surface area (Å²) in [4.78, 5) is 32.8. The number of rotatable bonds is 2. The SMILES string of the molecule is O=C(c1cnc2scc(-c3ccccc3Cl)n2c1=O)N1CCC2(CC1)OCCO2. The van der Waals surface area contributed by atoms with Gasteiger partial charge < -0.3 is 14.4 Å². The Morgan fingerprint density at radius 2 is 1.90 bits per heavy atom. The molecule has 2 aliphatic heterocycles. The van der Waals surface area contributed by atoms with Crippen LogP contribution in [0, 0.1) is 0 Å². The predicted octanol–water partition coefficient (Wildman–Crippen LogP) is 3.06. The molecule has 1 spiro atoms. The maximum Gasteiger partial charge on any atom is 0.271 e. The summed E-state index contributed by atoms with van der Waals surface area (Å²) in [6, 6.07) is 7.30. The molecule has 0 N–H and O–H groups in total. The maximum absolute atomic E-state index is 13.2. The smallest absolute Gasteiger partial charge is 0.271 e. The van der Waals surface area contributed by atoms with Crippen molar-refractivity contribution in [2.75, 3.05) is 26.3 Å². The van der Waals surface area contributed by atoms with Crippen LogP contribution >= 0.6 is 22.9 Å². The topological polar surface area (TPSA) is 73.1 Å². The van der Waals surface area contributed by atoms with Crippen LogP contribution < -0.4 is 5.56 Å². The molecule has 2 aliphatic rings. The van der Waals surface area contributed by atoms with E-state index in [-0.39, 0.29) is 17.0 Å². The highest BCUT2D eigenvalue weighted by Crippen LogP contribution is 2.32. The Kier molecular flexibility index (Phi) is 4.66. The first-order valence-corrected chi connectivity index (χ1v) is 10.7. The third-order valence-electron chi connectivity index (χ3n) is 5.45. The molecule has 150 valence electrons. The number of thiazole rings is 1. The van der Waals surface area contributed by atoms with Crippen LogP contribution in [0.4, 0.5) is 0 Å². The molecule has 1 aromatic carbocycles. The lowest BCUT2D eigenvalue weighted by Gasteiger charge is -2.37. The third kappa shape index (κ3) is 3.16. The molecular weight excluding hydrogens is 414 g/mol. The van der Waals surface area contributed by atoms with Crippen LogP contribution in [-0.2, 0) is 9.47 Å². The molecule has 2 fully saturated rings. The number of nitrogens with zero attached hydrogens (tertiary/aromatic N) is 3. The minimum Gasteiger partial charge on any atom is -0.347 e. The van der Waals surface area contributed by atoms with Gasteiger partial charge in [-0.1, -0.05) is 29.8 Å². The van der Waals surface area contributed by atoms with E-state index in [9.17, 15) is 9.59 Å². The molecule has 0 saturated carbocycles. The van der Waals surface area contributed by atoms with Gasteiger partial charge in [-0.05, 0) is 6.07 Å². The lowest BCUT2D eigenvalue weighted by atomic mass is 10.0. The first-order valence-electron chi connectivity index (χ1n) is 9.39. The van der Waals surface area contributed by atoms with E-state index in [1.165, 1.54) is 21.9 Å². The molecule has 5 rings (SSSR count). The molecule has 7 nitrogen and oxygen atoms in total. The van der Waals surface area contributed by atoms with Crippen molar-refractivity contribution >= 4 is 33.8 Å². The first kappa shape index (κ1) is 18.7. The summed E-state index contributed by atoms with van der Waals surface area (Å²) < 4.78 is 12.9. The fourth-order valence-corrected chi connectivity index (χ4v) is 4.99. The Labute approximate surface area is 175 Å². The van der Waals surface area contributed by atoms with E-state index in [0.717, 1.165) is 5.56 Å². The summed E-state index contributed by atoms with van der Waals surface area (Å²) in [7, 11) is 0. The zero-order valence-electron chi connectivity index (χ0n) is 15.5. The van der Waals surface area contributed by atoms with Gasteiger partial charge in [0.1, 0.15) is 5.56 Å². The Morgan fingerprint density at radius 1 is 1.17 bits per heavy atom. The van der Waals surface area contributed by atoms with Crippen LogP contribution in [0.5, 0.6) is 0 Å². The highest BCUT2D eigenvalue weighted by molar-refractivity contribution is 7.15. The van der Waals surface area contributed by atoms with E-state index in [0.29, 0.717) is 54.8 Å². The second kappa shape index (κ2) is 7.21. The largest absolute Gasteiger partial charge is 0.347 e. The van der Waals surface area contributed by atoms with Crippen LogP contribution in [-0.4, -0.2) is 52.3 Å². The van der Waals surface area contributed by atoms with Gasteiger partial charge in [-0.15, -0.1) is 11.3 Å². The molecular formula is C20H18ClN3O4S. The Bertz CT molecular complexity index is 1140. The number of benzene rings is 1. The van der Waals surface area contributed by atoms with Gasteiger partial charge in [-0.2, -0.15) is 0 Å². The van der Waals surface area contributed by atoms with E-state index in [1.54, 1.807) is 11.0 Å². The number of hydrogen-bond acceptors (Lipinski definition) is 6. The maximum atomic E-state index is 13.2. The van der Waals surface area contributed by atoms with Crippen molar-refractivity contribution in [1.82, 2.24) is 14.3 Å². The van der Waals surface area contributed by atoms with Gasteiger partial charge >= 0.3 is 0 Å². The van der Waals surface area contributed by atoms with Gasteiger partial charge in [0, 0.05) is 48.1 Å². The zero-order valence-corrected chi connectivity index (χ0v) is 17.0. The molecule has 2 aromatic heterocycles. The number of carbonyl (C=O) groups excluding carboxylic acids is 1. The van der Waals surface area contributed by atoms with Crippen molar-refractivity contribution < 1.29 is 14.3 Å². The van der Waals surface area contributed by atoms with Gasteiger partial charge in [-0.3, -0.25) is 14.0 Å². The third-order valence-corrected chi connectivity index (χ3v) is 6.62. The monoisotopic (exact) mass is 431 g/mol. The molecule has 29 heavy (non-hydrogen) atoms. The number of hydrogen-bond donors (Lipinski definition) is 0. The van der Waals surface area contributed by atoms with Crippen LogP contribution in [0.1, 0.15) is 23.2 Å². The highest BCUT2D eigenvalue weighted by atomic mass is 35.5. The average Bonchev–Trinajstić information content (AvgIpc) is 3.37. The number of halogens is 1. The zero-order chi connectivity index (χ0) is 20.0. The van der Waals surface area contributed by atoms with Gasteiger partial charge in [0.15, 0.2) is 10.7 Å². The van der Waals surface area contributed by atoms with Crippen molar-refractivity contribution in [2.45, 2.75) is 18.6 Å². The molecule has 0 aliphatic carbocycles. The van der Waals surface area contributed by atoms with E-state index in [2.05, 4.69) is 4.98 Å². The number of piperidine rings is 1. The molecule has 0 radical (unpaired) electrons. The van der Waals surface area contributed by atoms with Crippen LogP contribution in [0.2, 0.25) is 5.02 Å². The minimum absolute atomic E-state index is 0.0541. The minimum atomic E-state index is -0.571. The molecule has 0 bridgehead atoms. The Morgan fingerprint density at radius 3 is 2.62 bits per heavy atom. The molecule has 0 atom stereocenters. The molecule has 9 heteroatoms. The summed E-state index contributed by atoms with van der Waals surface area (Å²) in [5.41, 5.74) is 1.03. The number of ether oxygens (including phenoxy) is 2.